The maximum atomic E-state index is 11.7. The zero-order valence-electron chi connectivity index (χ0n) is 11.4. The molecular formula is C15H15N3O2. The molecule has 1 N–H and O–H groups in total. The quantitative estimate of drug-likeness (QED) is 0.923. The van der Waals surface area contributed by atoms with E-state index in [1.54, 1.807) is 25.3 Å². The van der Waals surface area contributed by atoms with Crippen molar-refractivity contribution in [3.8, 4) is 23.1 Å². The predicted molar refractivity (Wildman–Crippen MR) is 75.6 cm³/mol. The van der Waals surface area contributed by atoms with Crippen molar-refractivity contribution in [3.05, 3.63) is 46.0 Å². The standard InChI is InChI=1S/C15H15N3O2/c1-3-4-14-17-12(8-15(19)18-14)11-7-10(9-16)5-6-13(11)20-2/h5-8H,3-4H2,1-2H3,(H,17,18,19). The molecular weight excluding hydrogens is 254 g/mol. The molecule has 0 spiro atoms. The van der Waals surface area contributed by atoms with Gasteiger partial charge in [-0.3, -0.25) is 4.79 Å². The van der Waals surface area contributed by atoms with Gasteiger partial charge in [-0.1, -0.05) is 6.92 Å². The number of ether oxygens (including phenoxy) is 1. The number of aryl methyl sites for hydroxylation is 1. The van der Waals surface area contributed by atoms with Crippen LogP contribution in [0.5, 0.6) is 5.75 Å². The van der Waals surface area contributed by atoms with Gasteiger partial charge >= 0.3 is 0 Å². The highest BCUT2D eigenvalue weighted by Crippen LogP contribution is 2.28. The lowest BCUT2D eigenvalue weighted by Gasteiger charge is -2.09. The van der Waals surface area contributed by atoms with Crippen molar-refractivity contribution in [2.75, 3.05) is 7.11 Å². The van der Waals surface area contributed by atoms with Crippen LogP contribution in [0.3, 0.4) is 0 Å². The summed E-state index contributed by atoms with van der Waals surface area (Å²) in [6, 6.07) is 8.54. The summed E-state index contributed by atoms with van der Waals surface area (Å²) in [4.78, 5) is 18.9. The predicted octanol–water partition coefficient (Wildman–Crippen LogP) is 2.27. The highest BCUT2D eigenvalue weighted by molar-refractivity contribution is 5.68. The van der Waals surface area contributed by atoms with Crippen LogP contribution in [0.4, 0.5) is 0 Å². The summed E-state index contributed by atoms with van der Waals surface area (Å²) >= 11 is 0. The molecule has 0 bridgehead atoms. The molecule has 0 unspecified atom stereocenters. The molecule has 0 saturated carbocycles. The van der Waals surface area contributed by atoms with Crippen molar-refractivity contribution in [2.24, 2.45) is 0 Å². The highest BCUT2D eigenvalue weighted by Gasteiger charge is 2.10. The molecule has 2 rings (SSSR count). The first-order valence-corrected chi connectivity index (χ1v) is 6.36. The second-order valence-corrected chi connectivity index (χ2v) is 4.35. The van der Waals surface area contributed by atoms with Crippen molar-refractivity contribution in [3.63, 3.8) is 0 Å². The van der Waals surface area contributed by atoms with Gasteiger partial charge in [0.15, 0.2) is 0 Å². The Balaban J connectivity index is 2.61. The molecule has 1 heterocycles. The number of aromatic nitrogens is 2. The largest absolute Gasteiger partial charge is 0.496 e. The van der Waals surface area contributed by atoms with Crippen molar-refractivity contribution in [1.29, 1.82) is 5.26 Å². The monoisotopic (exact) mass is 269 g/mol. The van der Waals surface area contributed by atoms with E-state index in [1.165, 1.54) is 6.07 Å². The second kappa shape index (κ2) is 6.02. The number of methoxy groups -OCH3 is 1. The Kier molecular flexibility index (Phi) is 4.16. The molecule has 0 radical (unpaired) electrons. The number of nitriles is 1. The topological polar surface area (TPSA) is 78.8 Å². The molecule has 1 aromatic carbocycles. The molecule has 5 heteroatoms. The van der Waals surface area contributed by atoms with E-state index in [2.05, 4.69) is 16.0 Å². The molecule has 5 nitrogen and oxygen atoms in total. The van der Waals surface area contributed by atoms with Gasteiger partial charge in [0.05, 0.1) is 24.4 Å². The average molecular weight is 269 g/mol. The second-order valence-electron chi connectivity index (χ2n) is 4.35. The molecule has 0 aliphatic carbocycles. The lowest BCUT2D eigenvalue weighted by molar-refractivity contribution is 0.416. The van der Waals surface area contributed by atoms with Crippen LogP contribution in [0.1, 0.15) is 24.7 Å². The van der Waals surface area contributed by atoms with E-state index < -0.39 is 0 Å². The third-order valence-corrected chi connectivity index (χ3v) is 2.88. The minimum Gasteiger partial charge on any atom is -0.496 e. The summed E-state index contributed by atoms with van der Waals surface area (Å²) < 4.78 is 5.28. The van der Waals surface area contributed by atoms with Crippen molar-refractivity contribution in [1.82, 2.24) is 9.97 Å². The molecule has 0 fully saturated rings. The number of aromatic amines is 1. The van der Waals surface area contributed by atoms with E-state index in [9.17, 15) is 4.79 Å². The first-order valence-electron chi connectivity index (χ1n) is 6.36. The van der Waals surface area contributed by atoms with E-state index in [-0.39, 0.29) is 5.56 Å². The minimum atomic E-state index is -0.206. The molecule has 102 valence electrons. The number of rotatable bonds is 4. The van der Waals surface area contributed by atoms with E-state index >= 15 is 0 Å². The van der Waals surface area contributed by atoms with Gasteiger partial charge in [-0.25, -0.2) is 4.98 Å². The fourth-order valence-corrected chi connectivity index (χ4v) is 1.98. The summed E-state index contributed by atoms with van der Waals surface area (Å²) in [7, 11) is 1.55. The smallest absolute Gasteiger partial charge is 0.251 e. The zero-order valence-corrected chi connectivity index (χ0v) is 11.4. The Morgan fingerprint density at radius 3 is 2.85 bits per heavy atom. The molecule has 0 aliphatic heterocycles. The van der Waals surface area contributed by atoms with Gasteiger partial charge in [-0.2, -0.15) is 5.26 Å². The fraction of sp³-hybridized carbons (Fsp3) is 0.267. The SMILES string of the molecule is CCCc1nc(-c2cc(C#N)ccc2OC)cc(=O)[nH]1. The van der Waals surface area contributed by atoms with Crippen LogP contribution in [0.15, 0.2) is 29.1 Å². The molecule has 0 amide bonds. The average Bonchev–Trinajstić information content (AvgIpc) is 2.46. The fourth-order valence-electron chi connectivity index (χ4n) is 1.98. The molecule has 20 heavy (non-hydrogen) atoms. The molecule has 2 aromatic rings. The summed E-state index contributed by atoms with van der Waals surface area (Å²) in [5, 5.41) is 8.99. The van der Waals surface area contributed by atoms with Gasteiger partial charge in [0.25, 0.3) is 5.56 Å². The van der Waals surface area contributed by atoms with Gasteiger partial charge in [0, 0.05) is 18.1 Å². The number of benzene rings is 1. The van der Waals surface area contributed by atoms with Crippen molar-refractivity contribution in [2.45, 2.75) is 19.8 Å². The van der Waals surface area contributed by atoms with E-state index in [0.717, 1.165) is 6.42 Å². The lowest BCUT2D eigenvalue weighted by atomic mass is 10.1. The summed E-state index contributed by atoms with van der Waals surface area (Å²) in [6.07, 6.45) is 1.59. The third-order valence-electron chi connectivity index (χ3n) is 2.88. The van der Waals surface area contributed by atoms with Crippen LogP contribution in [-0.4, -0.2) is 17.1 Å². The molecule has 0 atom stereocenters. The van der Waals surface area contributed by atoms with Crippen LogP contribution < -0.4 is 10.3 Å². The van der Waals surface area contributed by atoms with Gasteiger partial charge in [0.1, 0.15) is 11.6 Å². The Hall–Kier alpha value is -2.61. The van der Waals surface area contributed by atoms with E-state index in [0.29, 0.717) is 34.8 Å². The zero-order chi connectivity index (χ0) is 14.5. The minimum absolute atomic E-state index is 0.206. The highest BCUT2D eigenvalue weighted by atomic mass is 16.5. The van der Waals surface area contributed by atoms with E-state index in [1.807, 2.05) is 6.92 Å². The van der Waals surface area contributed by atoms with Gasteiger partial charge in [0.2, 0.25) is 0 Å². The lowest BCUT2D eigenvalue weighted by Crippen LogP contribution is -2.11. The first kappa shape index (κ1) is 13.8. The normalized spacial score (nSPS) is 10.1. The van der Waals surface area contributed by atoms with Crippen LogP contribution in [-0.2, 0) is 6.42 Å². The first-order chi connectivity index (χ1) is 9.67. The van der Waals surface area contributed by atoms with Crippen LogP contribution in [0.25, 0.3) is 11.3 Å². The van der Waals surface area contributed by atoms with Crippen molar-refractivity contribution < 1.29 is 4.74 Å². The number of nitrogens with zero attached hydrogens (tertiary/aromatic N) is 2. The number of nitrogens with one attached hydrogen (secondary N) is 1. The summed E-state index contributed by atoms with van der Waals surface area (Å²) in [5.41, 5.74) is 1.46. The Morgan fingerprint density at radius 1 is 1.40 bits per heavy atom. The van der Waals surface area contributed by atoms with Crippen LogP contribution in [0, 0.1) is 11.3 Å². The summed E-state index contributed by atoms with van der Waals surface area (Å²) in [6.45, 7) is 2.02. The number of hydrogen-bond acceptors (Lipinski definition) is 4. The summed E-state index contributed by atoms with van der Waals surface area (Å²) in [5.74, 6) is 1.23. The van der Waals surface area contributed by atoms with Gasteiger partial charge in [-0.15, -0.1) is 0 Å². The maximum absolute atomic E-state index is 11.7. The molecule has 1 aromatic heterocycles. The third kappa shape index (κ3) is 2.86. The van der Waals surface area contributed by atoms with Gasteiger partial charge < -0.3 is 9.72 Å². The van der Waals surface area contributed by atoms with Crippen LogP contribution >= 0.6 is 0 Å². The maximum Gasteiger partial charge on any atom is 0.251 e. The Labute approximate surface area is 116 Å². The number of hydrogen-bond donors (Lipinski definition) is 1. The Bertz CT molecular complexity index is 714. The molecule has 0 saturated heterocycles. The molecule has 0 aliphatic rings. The van der Waals surface area contributed by atoms with Crippen molar-refractivity contribution >= 4 is 0 Å². The van der Waals surface area contributed by atoms with Gasteiger partial charge in [-0.05, 0) is 24.6 Å². The van der Waals surface area contributed by atoms with E-state index in [4.69, 9.17) is 10.00 Å². The Morgan fingerprint density at radius 2 is 2.20 bits per heavy atom. The number of H-pyrrole nitrogens is 1. The van der Waals surface area contributed by atoms with Crippen LogP contribution in [0.2, 0.25) is 0 Å².